The molecule has 2 aliphatic rings. The van der Waals surface area contributed by atoms with E-state index in [1.165, 1.54) is 24.0 Å². The maximum absolute atomic E-state index is 13.7. The number of anilines is 2. The number of carbonyl (C=O) groups excluding carboxylic acids is 3. The van der Waals surface area contributed by atoms with Gasteiger partial charge in [0.05, 0.1) is 31.0 Å². The van der Waals surface area contributed by atoms with Crippen molar-refractivity contribution >= 4 is 29.4 Å². The fourth-order valence-corrected chi connectivity index (χ4v) is 4.56. The fraction of sp³-hybridized carbons (Fsp3) is 0.240. The number of hydrogen-bond acceptors (Lipinski definition) is 8. The van der Waals surface area contributed by atoms with E-state index in [4.69, 9.17) is 9.47 Å². The zero-order valence-corrected chi connectivity index (χ0v) is 19.7. The Kier molecular flexibility index (Phi) is 6.11. The molecule has 11 heteroatoms. The average molecular weight is 489 g/mol. The van der Waals surface area contributed by atoms with Gasteiger partial charge in [-0.2, -0.15) is 0 Å². The molecule has 5 rings (SSSR count). The Labute approximate surface area is 207 Å². The first-order valence-corrected chi connectivity index (χ1v) is 11.3. The summed E-state index contributed by atoms with van der Waals surface area (Å²) in [6, 6.07) is 12.0. The van der Waals surface area contributed by atoms with Crippen LogP contribution in [0.2, 0.25) is 0 Å². The highest BCUT2D eigenvalue weighted by Gasteiger charge is 2.50. The number of carbonyl (C=O) groups is 3. The summed E-state index contributed by atoms with van der Waals surface area (Å²) in [5.74, 6) is 0.119. The Hall–Kier alpha value is -4.67. The van der Waals surface area contributed by atoms with Gasteiger partial charge in [0.1, 0.15) is 12.7 Å². The van der Waals surface area contributed by atoms with E-state index in [1.54, 1.807) is 54.9 Å². The molecular formula is C25H24N6O5. The van der Waals surface area contributed by atoms with E-state index in [0.29, 0.717) is 47.2 Å². The van der Waals surface area contributed by atoms with Gasteiger partial charge in [0, 0.05) is 31.0 Å². The third-order valence-corrected chi connectivity index (χ3v) is 6.09. The molecule has 11 nitrogen and oxygen atoms in total. The quantitative estimate of drug-likeness (QED) is 0.460. The molecule has 0 spiro atoms. The van der Waals surface area contributed by atoms with Crippen molar-refractivity contribution in [2.45, 2.75) is 6.17 Å². The van der Waals surface area contributed by atoms with E-state index in [9.17, 15) is 14.4 Å². The molecule has 3 amide bonds. The van der Waals surface area contributed by atoms with Crippen LogP contribution in [0.5, 0.6) is 11.5 Å². The number of nitrogens with zero attached hydrogens (tertiary/aromatic N) is 4. The molecule has 36 heavy (non-hydrogen) atoms. The summed E-state index contributed by atoms with van der Waals surface area (Å²) < 4.78 is 10.9. The van der Waals surface area contributed by atoms with E-state index >= 15 is 0 Å². The van der Waals surface area contributed by atoms with Gasteiger partial charge < -0.3 is 25.0 Å². The Balaban J connectivity index is 1.42. The van der Waals surface area contributed by atoms with Crippen LogP contribution in [0.25, 0.3) is 0 Å². The summed E-state index contributed by atoms with van der Waals surface area (Å²) in [7, 11) is 2.95. The van der Waals surface area contributed by atoms with Crippen LogP contribution in [0.4, 0.5) is 11.6 Å². The van der Waals surface area contributed by atoms with Gasteiger partial charge in [0.25, 0.3) is 11.8 Å². The molecule has 2 aromatic carbocycles. The predicted octanol–water partition coefficient (Wildman–Crippen LogP) is 1.84. The summed E-state index contributed by atoms with van der Waals surface area (Å²) in [5.41, 5.74) is 1.70. The Morgan fingerprint density at radius 2 is 1.75 bits per heavy atom. The predicted molar refractivity (Wildman–Crippen MR) is 130 cm³/mol. The largest absolute Gasteiger partial charge is 0.493 e. The molecule has 0 aliphatic carbocycles. The number of methoxy groups -OCH3 is 2. The average Bonchev–Trinajstić information content (AvgIpc) is 3.21. The smallest absolute Gasteiger partial charge is 0.264 e. The van der Waals surface area contributed by atoms with E-state index < -0.39 is 6.17 Å². The lowest BCUT2D eigenvalue weighted by atomic mass is 10.0. The number of ether oxygens (including phenoxy) is 2. The van der Waals surface area contributed by atoms with Crippen LogP contribution in [0.3, 0.4) is 0 Å². The second-order valence-electron chi connectivity index (χ2n) is 8.11. The first kappa shape index (κ1) is 23.1. The molecule has 0 saturated carbocycles. The highest BCUT2D eigenvalue weighted by molar-refractivity contribution is 6.18. The molecule has 0 fully saturated rings. The zero-order chi connectivity index (χ0) is 25.2. The standard InChI is InChI=1S/C25H24N6O5/c1-35-18-9-8-16-20(21(18)36-2)24(34)31-17-7-4-3-6-15(17)23(33)30(22(16)31)14-19(32)26-12-13-29-25-27-10-5-11-28-25/h3-11,22H,12-14H2,1-2H3,(H,26,32)(H,27,28,29)/t22-/m1/s1. The third kappa shape index (κ3) is 3.84. The summed E-state index contributed by atoms with van der Waals surface area (Å²) in [6.07, 6.45) is 2.44. The van der Waals surface area contributed by atoms with Crippen molar-refractivity contribution in [1.29, 1.82) is 0 Å². The van der Waals surface area contributed by atoms with Crippen LogP contribution in [0, 0.1) is 0 Å². The van der Waals surface area contributed by atoms with Crippen molar-refractivity contribution in [3.8, 4) is 11.5 Å². The summed E-state index contributed by atoms with van der Waals surface area (Å²) in [5, 5.41) is 5.81. The minimum Gasteiger partial charge on any atom is -0.493 e. The highest BCUT2D eigenvalue weighted by Crippen LogP contribution is 2.49. The van der Waals surface area contributed by atoms with E-state index in [2.05, 4.69) is 20.6 Å². The zero-order valence-electron chi connectivity index (χ0n) is 19.7. The molecular weight excluding hydrogens is 464 g/mol. The monoisotopic (exact) mass is 488 g/mol. The number of fused-ring (bicyclic) bond motifs is 5. The summed E-state index contributed by atoms with van der Waals surface area (Å²) >= 11 is 0. The number of rotatable bonds is 8. The van der Waals surface area contributed by atoms with Gasteiger partial charge >= 0.3 is 0 Å². The van der Waals surface area contributed by atoms with Crippen LogP contribution in [-0.4, -0.2) is 66.4 Å². The lowest BCUT2D eigenvalue weighted by molar-refractivity contribution is -0.122. The molecule has 0 radical (unpaired) electrons. The van der Waals surface area contributed by atoms with Gasteiger partial charge in [-0.15, -0.1) is 0 Å². The van der Waals surface area contributed by atoms with Crippen LogP contribution >= 0.6 is 0 Å². The molecule has 3 heterocycles. The van der Waals surface area contributed by atoms with E-state index in [-0.39, 0.29) is 30.0 Å². The van der Waals surface area contributed by atoms with Crippen LogP contribution < -0.4 is 25.0 Å². The van der Waals surface area contributed by atoms with Crippen molar-refractivity contribution in [2.75, 3.05) is 44.1 Å². The molecule has 2 N–H and O–H groups in total. The minimum atomic E-state index is -0.795. The number of amides is 3. The van der Waals surface area contributed by atoms with Gasteiger partial charge in [0.15, 0.2) is 11.5 Å². The second kappa shape index (κ2) is 9.53. The Bertz CT molecular complexity index is 1330. The van der Waals surface area contributed by atoms with Gasteiger partial charge in [0.2, 0.25) is 11.9 Å². The van der Waals surface area contributed by atoms with Crippen LogP contribution in [0.1, 0.15) is 32.4 Å². The highest BCUT2D eigenvalue weighted by atomic mass is 16.5. The molecule has 1 atom stereocenters. The van der Waals surface area contributed by atoms with Gasteiger partial charge in [-0.25, -0.2) is 9.97 Å². The van der Waals surface area contributed by atoms with Crippen LogP contribution in [0.15, 0.2) is 54.9 Å². The minimum absolute atomic E-state index is 0.239. The van der Waals surface area contributed by atoms with E-state index in [0.717, 1.165) is 0 Å². The number of para-hydroxylation sites is 1. The summed E-state index contributed by atoms with van der Waals surface area (Å²) in [6.45, 7) is 0.461. The molecule has 0 saturated heterocycles. The lowest BCUT2D eigenvalue weighted by Gasteiger charge is -2.40. The van der Waals surface area contributed by atoms with E-state index in [1.807, 2.05) is 0 Å². The Morgan fingerprint density at radius 1 is 0.972 bits per heavy atom. The Morgan fingerprint density at radius 3 is 2.50 bits per heavy atom. The van der Waals surface area contributed by atoms with Crippen molar-refractivity contribution in [2.24, 2.45) is 0 Å². The molecule has 2 aliphatic heterocycles. The maximum atomic E-state index is 13.7. The first-order valence-electron chi connectivity index (χ1n) is 11.3. The van der Waals surface area contributed by atoms with Gasteiger partial charge in [-0.3, -0.25) is 19.3 Å². The number of benzene rings is 2. The lowest BCUT2D eigenvalue weighted by Crippen LogP contribution is -2.51. The number of hydrogen-bond donors (Lipinski definition) is 2. The van der Waals surface area contributed by atoms with Crippen molar-refractivity contribution < 1.29 is 23.9 Å². The van der Waals surface area contributed by atoms with Gasteiger partial charge in [-0.05, 0) is 24.3 Å². The van der Waals surface area contributed by atoms with Crippen molar-refractivity contribution in [1.82, 2.24) is 20.2 Å². The first-order chi connectivity index (χ1) is 17.5. The molecule has 3 aromatic rings. The van der Waals surface area contributed by atoms with Crippen molar-refractivity contribution in [3.63, 3.8) is 0 Å². The molecule has 184 valence electrons. The molecule has 1 aromatic heterocycles. The van der Waals surface area contributed by atoms with Gasteiger partial charge in [-0.1, -0.05) is 18.2 Å². The molecule has 0 unspecified atom stereocenters. The van der Waals surface area contributed by atoms with Crippen molar-refractivity contribution in [3.05, 3.63) is 71.5 Å². The number of nitrogens with one attached hydrogen (secondary N) is 2. The molecule has 0 bridgehead atoms. The number of aromatic nitrogens is 2. The summed E-state index contributed by atoms with van der Waals surface area (Å²) in [4.78, 5) is 51.1. The normalized spacial score (nSPS) is 15.7. The van der Waals surface area contributed by atoms with Crippen LogP contribution in [-0.2, 0) is 4.79 Å². The SMILES string of the molecule is COc1ccc2c(c1OC)C(=O)N1c3ccccc3C(=O)N(CC(=O)NCCNc3ncccn3)[C@@H]21. The maximum Gasteiger partial charge on any atom is 0.264 e. The topological polar surface area (TPSA) is 126 Å². The third-order valence-electron chi connectivity index (χ3n) is 6.09. The fourth-order valence-electron chi connectivity index (χ4n) is 4.56. The second-order valence-corrected chi connectivity index (χ2v) is 8.11.